The minimum absolute atomic E-state index is 0.0384. The number of ether oxygens (including phenoxy) is 2. The van der Waals surface area contributed by atoms with Crippen molar-refractivity contribution in [3.8, 4) is 28.4 Å². The largest absolute Gasteiger partial charge is 0.573 e. The molecule has 4 aliphatic carbocycles. The Morgan fingerprint density at radius 3 is 2.47 bits per heavy atom. The van der Waals surface area contributed by atoms with Crippen LogP contribution in [0.2, 0.25) is 0 Å². The lowest BCUT2D eigenvalue weighted by Crippen LogP contribution is -2.49. The van der Waals surface area contributed by atoms with Gasteiger partial charge in [-0.05, 0) is 69.6 Å². The zero-order chi connectivity index (χ0) is 29.8. The number of nitrogens with zero attached hydrogens (tertiary/aromatic N) is 4. The van der Waals surface area contributed by atoms with E-state index in [0.29, 0.717) is 34.3 Å². The van der Waals surface area contributed by atoms with E-state index in [9.17, 15) is 23.1 Å². The van der Waals surface area contributed by atoms with Crippen LogP contribution in [0.1, 0.15) is 84.9 Å². The van der Waals surface area contributed by atoms with E-state index in [1.54, 1.807) is 12.1 Å². The first-order chi connectivity index (χ1) is 20.6. The zero-order valence-corrected chi connectivity index (χ0v) is 22.9. The van der Waals surface area contributed by atoms with E-state index in [4.69, 9.17) is 13.8 Å². The van der Waals surface area contributed by atoms with Crippen LogP contribution in [0.15, 0.2) is 51.8 Å². The minimum atomic E-state index is -4.84. The SMILES string of the molecule is O=C(O)c1cncc(-c2noc(C34CCC(OCc5c(-c6ccccc6OC(F)(F)F)noc5C5CC5)(CC3)CC4)n2)c1. The Hall–Kier alpha value is -4.26. The highest BCUT2D eigenvalue weighted by Crippen LogP contribution is 2.55. The van der Waals surface area contributed by atoms with Gasteiger partial charge in [0, 0.05) is 35.0 Å². The number of hydrogen-bond acceptors (Lipinski definition) is 9. The maximum Gasteiger partial charge on any atom is 0.573 e. The molecule has 0 amide bonds. The summed E-state index contributed by atoms with van der Waals surface area (Å²) in [6.07, 6.45) is 4.29. The van der Waals surface area contributed by atoms with Crippen LogP contribution in [0, 0.1) is 0 Å². The summed E-state index contributed by atoms with van der Waals surface area (Å²) in [5.74, 6) is 0.227. The van der Waals surface area contributed by atoms with Gasteiger partial charge in [0.2, 0.25) is 11.7 Å². The molecule has 0 unspecified atom stereocenters. The van der Waals surface area contributed by atoms with Crippen LogP contribution in [0.25, 0.3) is 22.6 Å². The molecule has 224 valence electrons. The third-order valence-electron chi connectivity index (χ3n) is 8.96. The molecule has 4 saturated carbocycles. The van der Waals surface area contributed by atoms with Crippen molar-refractivity contribution in [2.75, 3.05) is 0 Å². The molecule has 43 heavy (non-hydrogen) atoms. The fourth-order valence-corrected chi connectivity index (χ4v) is 6.36. The molecular weight excluding hydrogens is 569 g/mol. The highest BCUT2D eigenvalue weighted by molar-refractivity contribution is 5.88. The molecule has 13 heteroatoms. The van der Waals surface area contributed by atoms with E-state index in [1.165, 1.54) is 30.6 Å². The number of alkyl halides is 3. The second-order valence-electron chi connectivity index (χ2n) is 11.6. The van der Waals surface area contributed by atoms with E-state index < -0.39 is 17.9 Å². The summed E-state index contributed by atoms with van der Waals surface area (Å²) in [5, 5.41) is 17.6. The second kappa shape index (κ2) is 10.2. The van der Waals surface area contributed by atoms with Gasteiger partial charge in [-0.2, -0.15) is 4.98 Å². The van der Waals surface area contributed by atoms with E-state index in [2.05, 4.69) is 25.0 Å². The molecule has 3 aromatic heterocycles. The quantitative estimate of drug-likeness (QED) is 0.219. The number of aromatic nitrogens is 4. The van der Waals surface area contributed by atoms with Crippen LogP contribution in [0.3, 0.4) is 0 Å². The van der Waals surface area contributed by atoms with Gasteiger partial charge in [-0.25, -0.2) is 4.79 Å². The lowest BCUT2D eigenvalue weighted by molar-refractivity contribution is -0.274. The Morgan fingerprint density at radius 2 is 1.77 bits per heavy atom. The number of halogens is 3. The molecule has 0 atom stereocenters. The summed E-state index contributed by atoms with van der Waals surface area (Å²) >= 11 is 0. The van der Waals surface area contributed by atoms with Gasteiger partial charge < -0.3 is 23.6 Å². The first-order valence-corrected chi connectivity index (χ1v) is 14.1. The number of fused-ring (bicyclic) bond motifs is 3. The average molecular weight is 597 g/mol. The topological polar surface area (TPSA) is 134 Å². The van der Waals surface area contributed by atoms with Gasteiger partial charge in [-0.3, -0.25) is 4.98 Å². The fourth-order valence-electron chi connectivity index (χ4n) is 6.36. The molecule has 10 nitrogen and oxygen atoms in total. The Kier molecular flexibility index (Phi) is 6.53. The van der Waals surface area contributed by atoms with Crippen molar-refractivity contribution in [1.29, 1.82) is 0 Å². The van der Waals surface area contributed by atoms with Crippen LogP contribution >= 0.6 is 0 Å². The Bertz CT molecular complexity index is 1650. The van der Waals surface area contributed by atoms with Crippen LogP contribution in [-0.2, 0) is 16.8 Å². The van der Waals surface area contributed by atoms with Crippen molar-refractivity contribution in [3.63, 3.8) is 0 Å². The number of carboxylic acid groups (broad SMARTS) is 1. The molecule has 1 aromatic carbocycles. The zero-order valence-electron chi connectivity index (χ0n) is 22.9. The summed E-state index contributed by atoms with van der Waals surface area (Å²) < 4.78 is 61.7. The summed E-state index contributed by atoms with van der Waals surface area (Å²) in [7, 11) is 0. The molecule has 0 aliphatic heterocycles. The third-order valence-corrected chi connectivity index (χ3v) is 8.96. The van der Waals surface area contributed by atoms with Crippen molar-refractivity contribution >= 4 is 5.97 Å². The Labute approximate surface area is 243 Å². The molecule has 0 saturated heterocycles. The van der Waals surface area contributed by atoms with Gasteiger partial charge in [0.25, 0.3) is 0 Å². The number of para-hydroxylation sites is 1. The molecule has 2 bridgehead atoms. The van der Waals surface area contributed by atoms with Crippen LogP contribution in [0.4, 0.5) is 13.2 Å². The van der Waals surface area contributed by atoms with Crippen LogP contribution in [-0.4, -0.2) is 43.3 Å². The van der Waals surface area contributed by atoms with Crippen molar-refractivity contribution in [1.82, 2.24) is 20.3 Å². The molecule has 1 N–H and O–H groups in total. The van der Waals surface area contributed by atoms with Crippen LogP contribution in [0.5, 0.6) is 5.75 Å². The molecule has 0 radical (unpaired) electrons. The molecule has 4 fully saturated rings. The first-order valence-electron chi connectivity index (χ1n) is 14.1. The normalized spacial score (nSPS) is 23.4. The monoisotopic (exact) mass is 596 g/mol. The van der Waals surface area contributed by atoms with Gasteiger partial charge in [0.15, 0.2) is 0 Å². The maximum atomic E-state index is 13.1. The number of benzene rings is 1. The smallest absolute Gasteiger partial charge is 0.478 e. The third kappa shape index (κ3) is 5.26. The van der Waals surface area contributed by atoms with Crippen molar-refractivity contribution in [2.24, 2.45) is 0 Å². The van der Waals surface area contributed by atoms with Gasteiger partial charge >= 0.3 is 12.3 Å². The molecule has 0 spiro atoms. The highest BCUT2D eigenvalue weighted by atomic mass is 19.4. The summed E-state index contributed by atoms with van der Waals surface area (Å²) in [4.78, 5) is 20.0. The van der Waals surface area contributed by atoms with Gasteiger partial charge in [0.1, 0.15) is 17.2 Å². The van der Waals surface area contributed by atoms with Gasteiger partial charge in [0.05, 0.1) is 23.2 Å². The maximum absolute atomic E-state index is 13.1. The molecule has 4 aliphatic rings. The van der Waals surface area contributed by atoms with Gasteiger partial charge in [-0.15, -0.1) is 13.2 Å². The van der Waals surface area contributed by atoms with Crippen molar-refractivity contribution in [3.05, 3.63) is 65.5 Å². The molecular formula is C30H27F3N4O6. The molecule has 4 aromatic rings. The van der Waals surface area contributed by atoms with E-state index in [1.807, 2.05) is 0 Å². The Balaban J connectivity index is 1.08. The van der Waals surface area contributed by atoms with Gasteiger partial charge in [-0.1, -0.05) is 22.4 Å². The number of rotatable bonds is 9. The predicted octanol–water partition coefficient (Wildman–Crippen LogP) is 6.82. The lowest BCUT2D eigenvalue weighted by atomic mass is 9.58. The number of carbonyl (C=O) groups is 1. The van der Waals surface area contributed by atoms with Crippen molar-refractivity contribution in [2.45, 2.75) is 81.3 Å². The average Bonchev–Trinajstić information content (AvgIpc) is 3.55. The first kappa shape index (κ1) is 27.6. The van der Waals surface area contributed by atoms with E-state index in [0.717, 1.165) is 51.4 Å². The molecule has 8 rings (SSSR count). The summed E-state index contributed by atoms with van der Waals surface area (Å²) in [6.45, 7) is 0.162. The fraction of sp³-hybridized carbons (Fsp3) is 0.433. The van der Waals surface area contributed by atoms with Crippen LogP contribution < -0.4 is 4.74 Å². The minimum Gasteiger partial charge on any atom is -0.478 e. The Morgan fingerprint density at radius 1 is 1.02 bits per heavy atom. The number of pyridine rings is 1. The predicted molar refractivity (Wildman–Crippen MR) is 142 cm³/mol. The summed E-state index contributed by atoms with van der Waals surface area (Å²) in [6, 6.07) is 7.39. The number of hydrogen-bond donors (Lipinski definition) is 1. The highest BCUT2D eigenvalue weighted by Gasteiger charge is 2.53. The summed E-state index contributed by atoms with van der Waals surface area (Å²) in [5.41, 5.74) is 0.973. The van der Waals surface area contributed by atoms with Crippen molar-refractivity contribution < 1.29 is 41.6 Å². The number of carboxylic acids is 1. The number of aromatic carboxylic acids is 1. The standard InChI is InChI=1S/C30H27F3N4O6/c31-30(32,33)41-22-4-2-1-3-20(22)23-21(24(42-36-23)17-5-6-17)16-40-29-10-7-28(8-11-29,9-12-29)27-35-25(37-43-27)18-13-19(26(38)39)15-34-14-18/h1-4,13-15,17H,5-12,16H2,(H,38,39). The lowest BCUT2D eigenvalue weighted by Gasteiger charge is -2.51. The second-order valence-corrected chi connectivity index (χ2v) is 11.6. The van der Waals surface area contributed by atoms with E-state index in [-0.39, 0.29) is 34.8 Å². The molecule has 3 heterocycles. The van der Waals surface area contributed by atoms with E-state index >= 15 is 0 Å².